The Morgan fingerprint density at radius 2 is 0.942 bits per heavy atom. The molecule has 4 aromatic carbocycles. The minimum Gasteiger partial charge on any atom is -0.748 e. The summed E-state index contributed by atoms with van der Waals surface area (Å²) in [7, 11) is -9.49. The van der Waals surface area contributed by atoms with Gasteiger partial charge in [-0.15, -0.1) is 0 Å². The Bertz CT molecular complexity index is 4490. The third kappa shape index (κ3) is 20.3. The largest absolute Gasteiger partial charge is 0.748 e. The predicted molar refractivity (Wildman–Crippen MR) is 388 cm³/mol. The van der Waals surface area contributed by atoms with Crippen LogP contribution in [-0.2, 0) is 50.2 Å². The van der Waals surface area contributed by atoms with Crippen LogP contribution in [0.2, 0.25) is 0 Å². The summed E-state index contributed by atoms with van der Waals surface area (Å²) in [6, 6.07) is 21.8. The molecule has 0 saturated carbocycles. The van der Waals surface area contributed by atoms with Crippen molar-refractivity contribution in [1.82, 2.24) is 31.2 Å². The number of carbonyl (C=O) groups excluding carboxylic acids is 4. The number of aliphatic carboxylic acids is 4. The van der Waals surface area contributed by atoms with Crippen molar-refractivity contribution < 1.29 is 89.3 Å². The van der Waals surface area contributed by atoms with Crippen LogP contribution in [-0.4, -0.2) is 159 Å². The van der Waals surface area contributed by atoms with Gasteiger partial charge in [0, 0.05) is 98.7 Å². The van der Waals surface area contributed by atoms with E-state index in [9.17, 15) is 64.3 Å². The first kappa shape index (κ1) is 78.9. The number of nitrogens with one attached hydrogen (secondary N) is 4. The van der Waals surface area contributed by atoms with Crippen LogP contribution in [0.1, 0.15) is 203 Å². The molecule has 0 radical (unpaired) electrons. The highest BCUT2D eigenvalue weighted by atomic mass is 32.2. The van der Waals surface area contributed by atoms with Crippen molar-refractivity contribution in [3.05, 3.63) is 137 Å². The fourth-order valence-corrected chi connectivity index (χ4v) is 14.3. The lowest BCUT2D eigenvalue weighted by molar-refractivity contribution is -0.435. The third-order valence-corrected chi connectivity index (χ3v) is 20.1. The monoisotopic (exact) mass is 1450 g/mol. The molecule has 0 aliphatic carbocycles. The van der Waals surface area contributed by atoms with Crippen LogP contribution < -0.4 is 26.2 Å². The topological polar surface area (TPSA) is 409 Å². The van der Waals surface area contributed by atoms with Crippen molar-refractivity contribution in [3.63, 3.8) is 0 Å². The molecule has 4 amide bonds. The number of pyridine rings is 2. The molecule has 0 bridgehead atoms. The lowest BCUT2D eigenvalue weighted by Crippen LogP contribution is -2.29. The van der Waals surface area contributed by atoms with E-state index >= 15 is 0 Å². The highest BCUT2D eigenvalue weighted by Gasteiger charge is 2.47. The molecule has 103 heavy (non-hydrogen) atoms. The van der Waals surface area contributed by atoms with E-state index in [2.05, 4.69) is 36.1 Å². The minimum absolute atomic E-state index is 0.0195. The maximum absolute atomic E-state index is 14.1. The average molecular weight is 1460 g/mol. The van der Waals surface area contributed by atoms with Gasteiger partial charge in [-0.1, -0.05) is 76.8 Å². The first-order valence-electron chi connectivity index (χ1n) is 34.8. The molecule has 4 heterocycles. The summed E-state index contributed by atoms with van der Waals surface area (Å²) in [4.78, 5) is 112. The van der Waals surface area contributed by atoms with Crippen molar-refractivity contribution in [1.29, 1.82) is 0 Å². The fourth-order valence-electron chi connectivity index (χ4n) is 13.3. The Labute approximate surface area is 598 Å². The lowest BCUT2D eigenvalue weighted by atomic mass is 9.79. The number of unbranched alkanes of at least 4 members (excludes halogenated alkanes) is 8. The molecule has 2 aliphatic rings. The van der Waals surface area contributed by atoms with Gasteiger partial charge >= 0.3 is 23.9 Å². The quantitative estimate of drug-likeness (QED) is 0.00983. The minimum atomic E-state index is -4.81. The average Bonchev–Trinajstić information content (AvgIpc) is 1.58. The number of aromatic nitrogens is 2. The molecular weight excluding hydrogens is 1360 g/mol. The van der Waals surface area contributed by atoms with Crippen LogP contribution in [0, 0.1) is 0 Å². The number of anilines is 1. The van der Waals surface area contributed by atoms with E-state index < -0.39 is 89.2 Å². The van der Waals surface area contributed by atoms with Crippen LogP contribution in [0.4, 0.5) is 11.4 Å². The molecule has 2 aromatic heterocycles. The maximum Gasteiger partial charge on any atom is 0.303 e. The highest BCUT2D eigenvalue weighted by molar-refractivity contribution is 7.86. The smallest absolute Gasteiger partial charge is 0.303 e. The van der Waals surface area contributed by atoms with Gasteiger partial charge in [-0.2, -0.15) is 13.0 Å². The summed E-state index contributed by atoms with van der Waals surface area (Å²) in [6.45, 7) is 11.2. The lowest BCUT2D eigenvalue weighted by Gasteiger charge is -2.27. The van der Waals surface area contributed by atoms with Crippen LogP contribution in [0.3, 0.4) is 0 Å². The van der Waals surface area contributed by atoms with Crippen molar-refractivity contribution in [3.8, 4) is 22.3 Å². The number of carboxylic acids is 4. The second-order valence-corrected chi connectivity index (χ2v) is 29.9. The van der Waals surface area contributed by atoms with Crippen molar-refractivity contribution in [2.45, 2.75) is 166 Å². The first-order chi connectivity index (χ1) is 48.8. The fraction of sp³-hybridized carbons (Fsp3) is 0.427. The number of amides is 4. The van der Waals surface area contributed by atoms with Gasteiger partial charge in [0.15, 0.2) is 5.71 Å². The molecule has 0 atom stereocenters. The van der Waals surface area contributed by atoms with Gasteiger partial charge in [0.2, 0.25) is 5.69 Å². The Kier molecular flexibility index (Phi) is 26.8. The number of nitrogens with zero attached hydrogens (tertiary/aromatic N) is 4. The third-order valence-electron chi connectivity index (χ3n) is 18.5. The normalized spacial score (nSPS) is 14.3. The number of carboxylic acid groups (broad SMARTS) is 4. The summed E-state index contributed by atoms with van der Waals surface area (Å²) in [5.74, 6) is -6.80. The molecular formula is C75H90N8O18S2. The van der Waals surface area contributed by atoms with E-state index in [0.29, 0.717) is 156 Å². The number of hydrogen-bond acceptors (Lipinski definition) is 16. The Morgan fingerprint density at radius 3 is 1.35 bits per heavy atom. The molecule has 0 spiro atoms. The standard InChI is InChI=1S/C75H90N8O18S2/c1-6-37-82-62(75(4,5)57-46-54(51-32-31-49(103(99,100)101)44-55(51)69(57)82)48-42-60(72(94)78-35-19-9-13-29-66(88)89)81-61(43-48)73(95)79-36-20-10-14-30-67(90)91)25-21-26-63-74(2,3)56-45-53(50-23-15-16-24-52(50)68(56)83(63)38-22-39-102(96,97)98)47-40-58(70(92)76-33-17-7-11-27-64(84)85)80-59(41-47)71(93)77-34-18-8-12-28-65(86)87/h15-16,21,23-26,31-32,40-46H,6-14,17-20,22,27-30,33-39H2,1-5H3,(H9-,76,77,78,79,84,85,86,87,88,89,90,91,92,93,94,95,96,97,98,99,100,101). The number of rotatable bonds is 39. The number of allylic oxidation sites excluding steroid dienone is 4. The van der Waals surface area contributed by atoms with E-state index in [1.807, 2.05) is 93.8 Å². The Hall–Kier alpha value is -9.77. The van der Waals surface area contributed by atoms with Gasteiger partial charge in [-0.3, -0.25) is 42.9 Å². The molecule has 0 saturated heterocycles. The number of fused-ring (bicyclic) bond motifs is 6. The predicted octanol–water partition coefficient (Wildman–Crippen LogP) is 10.8. The van der Waals surface area contributed by atoms with E-state index in [1.165, 1.54) is 24.3 Å². The molecule has 28 heteroatoms. The van der Waals surface area contributed by atoms with Gasteiger partial charge < -0.3 is 51.1 Å². The van der Waals surface area contributed by atoms with Crippen LogP contribution >= 0.6 is 0 Å². The van der Waals surface area contributed by atoms with E-state index in [4.69, 9.17) is 20.4 Å². The molecule has 9 N–H and O–H groups in total. The highest BCUT2D eigenvalue weighted by Crippen LogP contribution is 2.54. The first-order valence-corrected chi connectivity index (χ1v) is 37.8. The van der Waals surface area contributed by atoms with Crippen LogP contribution in [0.5, 0.6) is 0 Å². The van der Waals surface area contributed by atoms with Gasteiger partial charge in [0.05, 0.1) is 31.5 Å². The molecule has 2 aliphatic heterocycles. The van der Waals surface area contributed by atoms with Crippen LogP contribution in [0.15, 0.2) is 108 Å². The molecule has 550 valence electrons. The molecule has 0 unspecified atom stereocenters. The molecule has 0 fully saturated rings. The van der Waals surface area contributed by atoms with E-state index in [-0.39, 0.29) is 87.6 Å². The van der Waals surface area contributed by atoms with Crippen LogP contribution in [0.25, 0.3) is 43.8 Å². The number of benzene rings is 4. The zero-order valence-corrected chi connectivity index (χ0v) is 60.2. The van der Waals surface area contributed by atoms with Gasteiger partial charge in [0.1, 0.15) is 29.3 Å². The van der Waals surface area contributed by atoms with Gasteiger partial charge in [0.25, 0.3) is 33.7 Å². The zero-order chi connectivity index (χ0) is 75.0. The van der Waals surface area contributed by atoms with Crippen molar-refractivity contribution >= 4 is 106 Å². The summed E-state index contributed by atoms with van der Waals surface area (Å²) >= 11 is 0. The van der Waals surface area contributed by atoms with E-state index in [1.54, 1.807) is 18.2 Å². The molecule has 8 rings (SSSR count). The van der Waals surface area contributed by atoms with Crippen molar-refractivity contribution in [2.24, 2.45) is 0 Å². The Balaban J connectivity index is 1.24. The van der Waals surface area contributed by atoms with E-state index in [0.717, 1.165) is 11.3 Å². The summed E-state index contributed by atoms with van der Waals surface area (Å²) in [6.07, 6.45) is 11.7. The van der Waals surface area contributed by atoms with Gasteiger partial charge in [-0.25, -0.2) is 18.4 Å². The van der Waals surface area contributed by atoms with Crippen molar-refractivity contribution in [2.75, 3.05) is 49.9 Å². The Morgan fingerprint density at radius 1 is 0.524 bits per heavy atom. The van der Waals surface area contributed by atoms with Gasteiger partial charge in [-0.05, 0) is 171 Å². The molecule has 26 nitrogen and oxygen atoms in total. The number of carbonyl (C=O) groups is 8. The number of hydrogen-bond donors (Lipinski definition) is 9. The summed E-state index contributed by atoms with van der Waals surface area (Å²) in [5.41, 5.74) is 3.91. The second kappa shape index (κ2) is 34.9. The zero-order valence-electron chi connectivity index (χ0n) is 58.6. The maximum atomic E-state index is 14.1. The molecule has 6 aromatic rings. The summed E-state index contributed by atoms with van der Waals surface area (Å²) in [5, 5.41) is 50.2. The SMILES string of the molecule is CCCN1/C(=C/C=C/C2=[N+](CCCS(=O)(=O)[O-])c3c(cc(-c4cc(C(=O)NCCCCCC(=O)O)nc(C(=O)NCCCCCC(=O)O)c4)c4ccccc34)C2(C)C)C(C)(C)c2cc(-c3cc(C(=O)NCCCCCC(=O)O)nc(C(=O)NCCCCCC(=O)O)c3)c3ccc(S(=O)(=O)O)cc3c21. The summed E-state index contributed by atoms with van der Waals surface area (Å²) < 4.78 is 75.7. The second-order valence-electron chi connectivity index (χ2n) is 26.9.